The maximum atomic E-state index is 11.0. The molecule has 3 rings (SSSR count). The van der Waals surface area contributed by atoms with E-state index in [2.05, 4.69) is 65.8 Å². The van der Waals surface area contributed by atoms with Crippen LogP contribution in [0, 0.1) is 0 Å². The molecule has 0 saturated heterocycles. The van der Waals surface area contributed by atoms with Gasteiger partial charge in [0.25, 0.3) is 0 Å². The third-order valence-electron chi connectivity index (χ3n) is 7.84. The Kier molecular flexibility index (Phi) is 11.4. The van der Waals surface area contributed by atoms with Gasteiger partial charge in [-0.05, 0) is 84.7 Å². The molecular formula is C34H50N2O2. The van der Waals surface area contributed by atoms with Crippen LogP contribution in [0.1, 0.15) is 138 Å². The summed E-state index contributed by atoms with van der Waals surface area (Å²) in [6, 6.07) is 8.69. The van der Waals surface area contributed by atoms with Crippen molar-refractivity contribution in [1.82, 2.24) is 0 Å². The summed E-state index contributed by atoms with van der Waals surface area (Å²) in [6.45, 7) is 12.9. The number of hydrogen-bond acceptors (Lipinski definition) is 4. The molecule has 2 N–H and O–H groups in total. The van der Waals surface area contributed by atoms with Crippen LogP contribution in [0.2, 0.25) is 0 Å². The molecule has 4 nitrogen and oxygen atoms in total. The zero-order valence-corrected chi connectivity index (χ0v) is 24.6. The lowest BCUT2D eigenvalue weighted by atomic mass is 9.90. The normalized spacial score (nSPS) is 18.4. The maximum Gasteiger partial charge on any atom is 0.127 e. The number of phenols is 2. The van der Waals surface area contributed by atoms with Crippen molar-refractivity contribution >= 4 is 12.4 Å². The monoisotopic (exact) mass is 518 g/mol. The van der Waals surface area contributed by atoms with Gasteiger partial charge in [0.1, 0.15) is 11.5 Å². The van der Waals surface area contributed by atoms with Crippen LogP contribution in [0.3, 0.4) is 0 Å². The van der Waals surface area contributed by atoms with E-state index < -0.39 is 0 Å². The van der Waals surface area contributed by atoms with Gasteiger partial charge in [-0.25, -0.2) is 0 Å². The van der Waals surface area contributed by atoms with Gasteiger partial charge in [-0.1, -0.05) is 79.4 Å². The minimum Gasteiger partial charge on any atom is -0.507 e. The number of nitrogens with zero attached hydrogens (tertiary/aromatic N) is 2. The van der Waals surface area contributed by atoms with Crippen molar-refractivity contribution in [2.75, 3.05) is 0 Å². The van der Waals surface area contributed by atoms with E-state index >= 15 is 0 Å². The van der Waals surface area contributed by atoms with Crippen LogP contribution in [0.4, 0.5) is 0 Å². The Morgan fingerprint density at radius 2 is 1.11 bits per heavy atom. The molecule has 1 saturated carbocycles. The lowest BCUT2D eigenvalue weighted by Crippen LogP contribution is -2.27. The van der Waals surface area contributed by atoms with Gasteiger partial charge in [0.05, 0.1) is 12.1 Å². The zero-order chi connectivity index (χ0) is 27.7. The fourth-order valence-electron chi connectivity index (χ4n) is 5.41. The number of phenolic OH excluding ortho intramolecular Hbond substituents is 2. The topological polar surface area (TPSA) is 65.2 Å². The number of aliphatic imine (C=N–C) groups is 2. The molecule has 1 aliphatic rings. The molecule has 0 bridgehead atoms. The average Bonchev–Trinajstić information content (AvgIpc) is 2.90. The van der Waals surface area contributed by atoms with Crippen molar-refractivity contribution in [3.63, 3.8) is 0 Å². The average molecular weight is 519 g/mol. The predicted molar refractivity (Wildman–Crippen MR) is 163 cm³/mol. The summed E-state index contributed by atoms with van der Waals surface area (Å²) in [5.74, 6) is 1.23. The SMILES string of the molecule is CCCCc1cc(C=NC2CCCCC2N=Cc2cc(CCCC)cc(C(C)C)c2O)c(O)c(C(C)C)c1. The molecule has 0 heterocycles. The Morgan fingerprint density at radius 1 is 0.711 bits per heavy atom. The second-order valence-electron chi connectivity index (χ2n) is 11.7. The van der Waals surface area contributed by atoms with E-state index in [0.717, 1.165) is 86.5 Å². The molecule has 208 valence electrons. The molecule has 1 fully saturated rings. The minimum absolute atomic E-state index is 0.0798. The summed E-state index contributed by atoms with van der Waals surface area (Å²) in [4.78, 5) is 9.99. The van der Waals surface area contributed by atoms with Gasteiger partial charge in [-0.3, -0.25) is 9.98 Å². The standard InChI is InChI=1S/C34H50N2O2/c1-7-9-13-25-17-27(33(37)29(19-25)23(3)4)21-35-31-15-11-12-16-32(31)36-22-28-18-26(14-10-8-2)20-30(24(5)6)34(28)38/h17-24,31-32,37-38H,7-16H2,1-6H3. The van der Waals surface area contributed by atoms with Crippen molar-refractivity contribution in [3.8, 4) is 11.5 Å². The molecule has 1 aliphatic carbocycles. The first kappa shape index (κ1) is 29.9. The Labute approximate surface area is 231 Å². The van der Waals surface area contributed by atoms with Crippen molar-refractivity contribution < 1.29 is 10.2 Å². The lowest BCUT2D eigenvalue weighted by Gasteiger charge is -2.25. The Morgan fingerprint density at radius 3 is 1.45 bits per heavy atom. The molecule has 0 radical (unpaired) electrons. The number of aryl methyl sites for hydroxylation is 2. The molecular weight excluding hydrogens is 468 g/mol. The fraction of sp³-hybridized carbons (Fsp3) is 0.588. The van der Waals surface area contributed by atoms with E-state index in [1.54, 1.807) is 0 Å². The summed E-state index contributed by atoms with van der Waals surface area (Å²) in [7, 11) is 0. The second kappa shape index (κ2) is 14.5. The number of benzene rings is 2. The molecule has 38 heavy (non-hydrogen) atoms. The molecule has 0 amide bonds. The number of hydrogen-bond donors (Lipinski definition) is 2. The van der Waals surface area contributed by atoms with Crippen molar-refractivity contribution in [2.24, 2.45) is 9.98 Å². The van der Waals surface area contributed by atoms with Crippen LogP contribution in [-0.2, 0) is 12.8 Å². The zero-order valence-electron chi connectivity index (χ0n) is 24.6. The van der Waals surface area contributed by atoms with E-state index in [4.69, 9.17) is 9.98 Å². The summed E-state index contributed by atoms with van der Waals surface area (Å²) in [6.07, 6.45) is 14.7. The summed E-state index contributed by atoms with van der Waals surface area (Å²) in [5.41, 5.74) is 6.17. The first-order valence-electron chi connectivity index (χ1n) is 15.0. The summed E-state index contributed by atoms with van der Waals surface area (Å²) < 4.78 is 0. The Balaban J connectivity index is 1.87. The molecule has 2 atom stereocenters. The number of unbranched alkanes of at least 4 members (excludes halogenated alkanes) is 2. The van der Waals surface area contributed by atoms with Crippen LogP contribution < -0.4 is 0 Å². The van der Waals surface area contributed by atoms with E-state index in [-0.39, 0.29) is 23.9 Å². The molecule has 0 spiro atoms. The van der Waals surface area contributed by atoms with E-state index in [9.17, 15) is 10.2 Å². The van der Waals surface area contributed by atoms with E-state index in [1.807, 2.05) is 12.4 Å². The van der Waals surface area contributed by atoms with Gasteiger partial charge in [0.2, 0.25) is 0 Å². The molecule has 2 unspecified atom stereocenters. The number of rotatable bonds is 12. The smallest absolute Gasteiger partial charge is 0.127 e. The minimum atomic E-state index is 0.0798. The molecule has 2 aromatic rings. The molecule has 0 aromatic heterocycles. The highest BCUT2D eigenvalue weighted by molar-refractivity contribution is 5.86. The van der Waals surface area contributed by atoms with Gasteiger partial charge in [-0.15, -0.1) is 0 Å². The van der Waals surface area contributed by atoms with Crippen molar-refractivity contribution in [1.29, 1.82) is 0 Å². The predicted octanol–water partition coefficient (Wildman–Crippen LogP) is 8.88. The van der Waals surface area contributed by atoms with Crippen molar-refractivity contribution in [2.45, 2.75) is 130 Å². The molecule has 4 heteroatoms. The summed E-state index contributed by atoms with van der Waals surface area (Å²) >= 11 is 0. The van der Waals surface area contributed by atoms with Gasteiger partial charge < -0.3 is 10.2 Å². The highest BCUT2D eigenvalue weighted by atomic mass is 16.3. The summed E-state index contributed by atoms with van der Waals surface area (Å²) in [5, 5.41) is 22.0. The van der Waals surface area contributed by atoms with Crippen molar-refractivity contribution in [3.05, 3.63) is 57.6 Å². The van der Waals surface area contributed by atoms with Crippen LogP contribution in [0.5, 0.6) is 11.5 Å². The highest BCUT2D eigenvalue weighted by Crippen LogP contribution is 2.33. The fourth-order valence-corrected chi connectivity index (χ4v) is 5.41. The lowest BCUT2D eigenvalue weighted by molar-refractivity contribution is 0.390. The quantitative estimate of drug-likeness (QED) is 0.276. The molecule has 2 aromatic carbocycles. The maximum absolute atomic E-state index is 11.0. The third-order valence-corrected chi connectivity index (χ3v) is 7.84. The number of aromatic hydroxyl groups is 2. The first-order chi connectivity index (χ1) is 18.2. The van der Waals surface area contributed by atoms with Gasteiger partial charge in [-0.2, -0.15) is 0 Å². The Bertz CT molecular complexity index is 1010. The first-order valence-corrected chi connectivity index (χ1v) is 15.0. The van der Waals surface area contributed by atoms with Crippen LogP contribution in [0.15, 0.2) is 34.3 Å². The third kappa shape index (κ3) is 7.94. The van der Waals surface area contributed by atoms with Gasteiger partial charge in [0, 0.05) is 23.6 Å². The van der Waals surface area contributed by atoms with E-state index in [0.29, 0.717) is 11.5 Å². The highest BCUT2D eigenvalue weighted by Gasteiger charge is 2.24. The van der Waals surface area contributed by atoms with Crippen LogP contribution >= 0.6 is 0 Å². The molecule has 0 aliphatic heterocycles. The van der Waals surface area contributed by atoms with Gasteiger partial charge >= 0.3 is 0 Å². The second-order valence-corrected chi connectivity index (χ2v) is 11.7. The van der Waals surface area contributed by atoms with Crippen LogP contribution in [-0.4, -0.2) is 34.7 Å². The van der Waals surface area contributed by atoms with Crippen LogP contribution in [0.25, 0.3) is 0 Å². The largest absolute Gasteiger partial charge is 0.507 e. The van der Waals surface area contributed by atoms with Gasteiger partial charge in [0.15, 0.2) is 0 Å². The van der Waals surface area contributed by atoms with E-state index in [1.165, 1.54) is 11.1 Å². The Hall–Kier alpha value is -2.62.